The maximum atomic E-state index is 4.31. The van der Waals surface area contributed by atoms with Crippen molar-refractivity contribution in [1.82, 2.24) is 29.9 Å². The Morgan fingerprint density at radius 1 is 1.15 bits per heavy atom. The first kappa shape index (κ1) is 12.6. The van der Waals surface area contributed by atoms with Crippen molar-refractivity contribution in [2.45, 2.75) is 13.1 Å². The fourth-order valence-electron chi connectivity index (χ4n) is 2.01. The molecule has 0 aromatic carbocycles. The molecule has 0 bridgehead atoms. The maximum absolute atomic E-state index is 4.31. The average Bonchev–Trinajstić information content (AvgIpc) is 3.11. The van der Waals surface area contributed by atoms with Crippen molar-refractivity contribution in [3.05, 3.63) is 60.3 Å². The van der Waals surface area contributed by atoms with Gasteiger partial charge in [-0.1, -0.05) is 0 Å². The zero-order valence-corrected chi connectivity index (χ0v) is 11.3. The van der Waals surface area contributed by atoms with Crippen molar-refractivity contribution < 1.29 is 0 Å². The fourth-order valence-corrected chi connectivity index (χ4v) is 2.01. The van der Waals surface area contributed by atoms with Gasteiger partial charge in [0.1, 0.15) is 0 Å². The molecule has 1 N–H and O–H groups in total. The molecule has 0 aliphatic carbocycles. The van der Waals surface area contributed by atoms with Crippen molar-refractivity contribution in [2.24, 2.45) is 7.05 Å². The SMILES string of the molecule is Cn1cc(CNCc2ccnc(-n3cccn3)c2)cn1. The summed E-state index contributed by atoms with van der Waals surface area (Å²) >= 11 is 0. The number of aromatic nitrogens is 5. The van der Waals surface area contributed by atoms with E-state index in [0.29, 0.717) is 0 Å². The summed E-state index contributed by atoms with van der Waals surface area (Å²) in [5, 5.41) is 11.7. The van der Waals surface area contributed by atoms with Gasteiger partial charge in [-0.25, -0.2) is 9.67 Å². The first-order valence-corrected chi connectivity index (χ1v) is 6.44. The van der Waals surface area contributed by atoms with Gasteiger partial charge in [0.05, 0.1) is 6.20 Å². The van der Waals surface area contributed by atoms with Crippen molar-refractivity contribution in [3.63, 3.8) is 0 Å². The molecule has 6 nitrogen and oxygen atoms in total. The van der Waals surface area contributed by atoms with Crippen LogP contribution in [0.3, 0.4) is 0 Å². The van der Waals surface area contributed by atoms with Crippen LogP contribution in [0.1, 0.15) is 11.1 Å². The summed E-state index contributed by atoms with van der Waals surface area (Å²) in [7, 11) is 1.92. The van der Waals surface area contributed by atoms with Crippen LogP contribution < -0.4 is 5.32 Å². The Morgan fingerprint density at radius 2 is 2.05 bits per heavy atom. The summed E-state index contributed by atoms with van der Waals surface area (Å²) in [4.78, 5) is 4.31. The Labute approximate surface area is 117 Å². The lowest BCUT2D eigenvalue weighted by Gasteiger charge is -2.05. The third-order valence-electron chi connectivity index (χ3n) is 2.97. The standard InChI is InChI=1S/C14H16N6/c1-19-11-13(10-18-19)9-15-8-12-3-5-16-14(7-12)20-6-2-4-17-20/h2-7,10-11,15H,8-9H2,1H3. The molecule has 0 aliphatic rings. The van der Waals surface area contributed by atoms with Gasteiger partial charge in [0.2, 0.25) is 0 Å². The molecule has 0 aliphatic heterocycles. The predicted molar refractivity (Wildman–Crippen MR) is 75.1 cm³/mol. The lowest BCUT2D eigenvalue weighted by Crippen LogP contribution is -2.12. The van der Waals surface area contributed by atoms with Crippen LogP contribution in [0.2, 0.25) is 0 Å². The second-order valence-corrected chi connectivity index (χ2v) is 4.60. The van der Waals surface area contributed by atoms with E-state index in [4.69, 9.17) is 0 Å². The van der Waals surface area contributed by atoms with Crippen molar-refractivity contribution in [3.8, 4) is 5.82 Å². The van der Waals surface area contributed by atoms with Gasteiger partial charge in [-0.15, -0.1) is 0 Å². The third-order valence-corrected chi connectivity index (χ3v) is 2.97. The number of hydrogen-bond donors (Lipinski definition) is 1. The molecular formula is C14H16N6. The maximum Gasteiger partial charge on any atom is 0.153 e. The number of rotatable bonds is 5. The highest BCUT2D eigenvalue weighted by molar-refractivity contribution is 5.26. The van der Waals surface area contributed by atoms with E-state index >= 15 is 0 Å². The summed E-state index contributed by atoms with van der Waals surface area (Å²) in [6, 6.07) is 5.92. The molecule has 0 saturated heterocycles. The van der Waals surface area contributed by atoms with Gasteiger partial charge in [-0.05, 0) is 23.8 Å². The van der Waals surface area contributed by atoms with E-state index in [0.717, 1.165) is 18.9 Å². The summed E-state index contributed by atoms with van der Waals surface area (Å²) in [5.74, 6) is 0.829. The zero-order valence-electron chi connectivity index (χ0n) is 11.3. The molecule has 3 heterocycles. The number of hydrogen-bond acceptors (Lipinski definition) is 4. The van der Waals surface area contributed by atoms with E-state index in [2.05, 4.69) is 20.5 Å². The van der Waals surface area contributed by atoms with E-state index in [1.807, 2.05) is 43.8 Å². The van der Waals surface area contributed by atoms with Gasteiger partial charge in [0.15, 0.2) is 5.82 Å². The highest BCUT2D eigenvalue weighted by Gasteiger charge is 2.01. The van der Waals surface area contributed by atoms with E-state index in [9.17, 15) is 0 Å². The molecular weight excluding hydrogens is 252 g/mol. The Morgan fingerprint density at radius 3 is 2.80 bits per heavy atom. The second-order valence-electron chi connectivity index (χ2n) is 4.60. The van der Waals surface area contributed by atoms with Crippen LogP contribution in [0.4, 0.5) is 0 Å². The normalized spacial score (nSPS) is 10.8. The topological polar surface area (TPSA) is 60.6 Å². The molecule has 102 valence electrons. The molecule has 0 amide bonds. The molecule has 3 rings (SSSR count). The molecule has 0 spiro atoms. The number of aryl methyl sites for hydroxylation is 1. The second kappa shape index (κ2) is 5.66. The molecule has 3 aromatic heterocycles. The smallest absolute Gasteiger partial charge is 0.153 e. The first-order chi connectivity index (χ1) is 9.81. The Balaban J connectivity index is 1.62. The van der Waals surface area contributed by atoms with Crippen LogP contribution >= 0.6 is 0 Å². The molecule has 0 atom stereocenters. The van der Waals surface area contributed by atoms with Crippen molar-refractivity contribution >= 4 is 0 Å². The van der Waals surface area contributed by atoms with Gasteiger partial charge >= 0.3 is 0 Å². The van der Waals surface area contributed by atoms with Gasteiger partial charge in [0, 0.05) is 50.5 Å². The first-order valence-electron chi connectivity index (χ1n) is 6.44. The minimum Gasteiger partial charge on any atom is -0.308 e. The lowest BCUT2D eigenvalue weighted by molar-refractivity contribution is 0.689. The molecule has 0 radical (unpaired) electrons. The Kier molecular flexibility index (Phi) is 3.56. The molecule has 0 fully saturated rings. The van der Waals surface area contributed by atoms with Crippen molar-refractivity contribution in [1.29, 1.82) is 0 Å². The fraction of sp³-hybridized carbons (Fsp3) is 0.214. The minimum absolute atomic E-state index is 0.783. The van der Waals surface area contributed by atoms with Crippen LogP contribution in [0.5, 0.6) is 0 Å². The Bertz CT molecular complexity index is 671. The molecule has 0 saturated carbocycles. The average molecular weight is 268 g/mol. The quantitative estimate of drug-likeness (QED) is 0.757. The number of nitrogens with zero attached hydrogens (tertiary/aromatic N) is 5. The minimum atomic E-state index is 0.783. The lowest BCUT2D eigenvalue weighted by atomic mass is 10.2. The third kappa shape index (κ3) is 2.92. The van der Waals surface area contributed by atoms with Gasteiger partial charge in [0.25, 0.3) is 0 Å². The van der Waals surface area contributed by atoms with Crippen LogP contribution in [-0.4, -0.2) is 24.5 Å². The molecule has 3 aromatic rings. The van der Waals surface area contributed by atoms with Crippen molar-refractivity contribution in [2.75, 3.05) is 0 Å². The number of pyridine rings is 1. The highest BCUT2D eigenvalue weighted by atomic mass is 15.3. The number of nitrogens with one attached hydrogen (secondary N) is 1. The summed E-state index contributed by atoms with van der Waals surface area (Å²) in [6.07, 6.45) is 9.31. The van der Waals surface area contributed by atoms with Crippen LogP contribution in [0.15, 0.2) is 49.2 Å². The molecule has 6 heteroatoms. The van der Waals surface area contributed by atoms with Crippen LogP contribution in [-0.2, 0) is 20.1 Å². The largest absolute Gasteiger partial charge is 0.308 e. The van der Waals surface area contributed by atoms with E-state index < -0.39 is 0 Å². The predicted octanol–water partition coefficient (Wildman–Crippen LogP) is 1.29. The van der Waals surface area contributed by atoms with Gasteiger partial charge < -0.3 is 5.32 Å². The molecule has 0 unspecified atom stereocenters. The van der Waals surface area contributed by atoms with Crippen LogP contribution in [0.25, 0.3) is 5.82 Å². The summed E-state index contributed by atoms with van der Waals surface area (Å²) in [6.45, 7) is 1.58. The molecule has 20 heavy (non-hydrogen) atoms. The highest BCUT2D eigenvalue weighted by Crippen LogP contribution is 2.06. The van der Waals surface area contributed by atoms with E-state index in [1.165, 1.54) is 11.1 Å². The summed E-state index contributed by atoms with van der Waals surface area (Å²) < 4.78 is 3.56. The zero-order chi connectivity index (χ0) is 13.8. The van der Waals surface area contributed by atoms with E-state index in [1.54, 1.807) is 21.8 Å². The van der Waals surface area contributed by atoms with Gasteiger partial charge in [-0.3, -0.25) is 4.68 Å². The van der Waals surface area contributed by atoms with Gasteiger partial charge in [-0.2, -0.15) is 10.2 Å². The Hall–Kier alpha value is -2.47. The van der Waals surface area contributed by atoms with Crippen LogP contribution in [0, 0.1) is 0 Å². The monoisotopic (exact) mass is 268 g/mol. The summed E-state index contributed by atoms with van der Waals surface area (Å²) in [5.41, 5.74) is 2.35. The van der Waals surface area contributed by atoms with E-state index in [-0.39, 0.29) is 0 Å².